The van der Waals surface area contributed by atoms with Crippen LogP contribution in [0.2, 0.25) is 0 Å². The number of carbonyl (C=O) groups excluding carboxylic acids is 6. The van der Waals surface area contributed by atoms with Crippen LogP contribution >= 0.6 is 0 Å². The Morgan fingerprint density at radius 3 is 0.978 bits per heavy atom. The fourth-order valence-electron chi connectivity index (χ4n) is 3.39. The monoisotopic (exact) mass is 3880 g/mol. The molecule has 0 N–H and O–H groups in total. The van der Waals surface area contributed by atoms with E-state index in [-0.39, 0.29) is 990 Å². The van der Waals surface area contributed by atoms with Crippen molar-refractivity contribution in [2.75, 3.05) is 13.1 Å². The van der Waals surface area contributed by atoms with Gasteiger partial charge in [-0.25, -0.2) is 0 Å². The number of carbonyl (C=O) groups is 5. The molecule has 0 aromatic heterocycles. The van der Waals surface area contributed by atoms with Crippen LogP contribution in [0.4, 0.5) is 0 Å². The van der Waals surface area contributed by atoms with E-state index < -0.39 is 0 Å². The molecule has 2 heterocycles. The standard InChI is InChI=1S/C10H12NO.C7H11NO.C7H10NO.2C6H11O.C4H10.C3H7.C2H3O.3C2H6.3W.28Y/c1-4-5-9-6-7-11(8(2)3)10(9)12;1-6(2)8-5-3-4-7(8)9;1-4-6(8)7(9)5(2)3;1-5(2)4-6(3)7;1-4-6(7)5(2)3;1-4(2)3;1-3-2;1-2-3;3*1-2;;;;;;;;;;;;;;;;;;;;;;;;;;;;;;;/h1,4-5,8H,7H2,2-3H3;3-4,6H,5H2,1-2H3;1,5H,4H2,2-3H3;2*4-5H,1-3H3;4H,1-3H3;3H,1-2H3;1H3;3*1-2H3;;;;;;;;;;;;;;;;;;;;;;;;;;;;;;;/q-1;;3*-1;;2*-1;;;;;;;;;;;;;;;;;;;;;;;;;;;;;;;;;;. The van der Waals surface area contributed by atoms with E-state index in [9.17, 15) is 24.0 Å². The molecule has 0 saturated heterocycles. The summed E-state index contributed by atoms with van der Waals surface area (Å²) in [5.74, 6) is 1.80. The molecule has 9 nitrogen and oxygen atoms in total. The maximum atomic E-state index is 11.6. The summed E-state index contributed by atoms with van der Waals surface area (Å²) in [6.07, 6.45) is 17.5. The minimum atomic E-state index is -0.141. The molecule has 0 spiro atoms. The molecule has 456 valence electrons. The van der Waals surface area contributed by atoms with Gasteiger partial charge in [-0.15, -0.1) is 0 Å². The zero-order valence-electron chi connectivity index (χ0n) is 60.5. The zero-order chi connectivity index (χ0) is 51.6. The Bertz CT molecular complexity index is 1300. The van der Waals surface area contributed by atoms with Crippen molar-refractivity contribution < 1.29 is 1000 Å². The number of hydrogen-bond donors (Lipinski definition) is 0. The van der Waals surface area contributed by atoms with Crippen LogP contribution in [-0.4, -0.2) is 84.9 Å². The van der Waals surface area contributed by atoms with Crippen molar-refractivity contribution in [2.24, 2.45) is 23.7 Å². The smallest absolute Gasteiger partial charge is 0.00115 e. The molecule has 0 aromatic rings. The van der Waals surface area contributed by atoms with Gasteiger partial charge in [0.1, 0.15) is 0 Å². The van der Waals surface area contributed by atoms with Crippen molar-refractivity contribution >= 4 is 50.0 Å². The first-order valence-electron chi connectivity index (χ1n) is 22.1. The normalized spacial score (nSPS) is 7.65. The van der Waals surface area contributed by atoms with Gasteiger partial charge < -0.3 is 38.5 Å². The van der Waals surface area contributed by atoms with Gasteiger partial charge in [0.2, 0.25) is 5.91 Å². The second-order valence-corrected chi connectivity index (χ2v) is 16.5. The Morgan fingerprint density at radius 2 is 0.857 bits per heavy atom. The number of amides is 2. The van der Waals surface area contributed by atoms with E-state index in [1.54, 1.807) is 46.6 Å². The molecule has 0 fully saturated rings. The minimum absolute atomic E-state index is 0. The van der Waals surface area contributed by atoms with Crippen LogP contribution < -0.4 is 0 Å². The number of Topliss-reactive ketones (excluding diaryl/α,β-unsaturated/α-hetero) is 3. The van der Waals surface area contributed by atoms with Gasteiger partial charge in [0, 0.05) is 961 Å². The summed E-state index contributed by atoms with van der Waals surface area (Å²) in [7, 11) is 0. The van der Waals surface area contributed by atoms with E-state index in [2.05, 4.69) is 26.8 Å². The average molecular weight is 3890 g/mol. The molecule has 2 aliphatic rings. The molecule has 28 radical (unpaired) electrons. The van der Waals surface area contributed by atoms with Crippen LogP contribution in [-0.2, 0) is 1000 Å². The zero-order valence-corrected chi connectivity index (χ0v) is 149. The van der Waals surface area contributed by atoms with E-state index in [0.29, 0.717) is 30.5 Å². The number of hydrogen-bond acceptors (Lipinski definition) is 6. The Morgan fingerprint density at radius 1 is 0.582 bits per heavy atom. The van der Waals surface area contributed by atoms with Crippen molar-refractivity contribution in [3.8, 4) is 0 Å². The molecule has 2 aliphatic heterocycles. The van der Waals surface area contributed by atoms with Crippen molar-refractivity contribution in [3.63, 3.8) is 0 Å². The number of ketones is 3. The van der Waals surface area contributed by atoms with Crippen LogP contribution in [0.25, 0.3) is 5.41 Å². The van der Waals surface area contributed by atoms with E-state index >= 15 is 0 Å². The Labute approximate surface area is 1310 Å². The fourth-order valence-corrected chi connectivity index (χ4v) is 4.24. The Hall–Kier alpha value is 29.0. The molecule has 0 aromatic carbocycles. The fraction of sp³-hybridized carbons (Fsp3) is 0.647. The summed E-state index contributed by atoms with van der Waals surface area (Å²) in [4.78, 5) is 66.4. The molecule has 0 saturated carbocycles. The summed E-state index contributed by atoms with van der Waals surface area (Å²) < 4.78 is 3.83. The van der Waals surface area contributed by atoms with Gasteiger partial charge in [0.05, 0.1) is 0 Å². The van der Waals surface area contributed by atoms with Crippen molar-refractivity contribution in [1.29, 1.82) is 0 Å². The predicted octanol–water partition coefficient (Wildman–Crippen LogP) is 11.5. The SMILES string of the molecule is CC.CC.CC.CC(=O)[CH-]C(C)C.CC(C)C.CC(C)C(=O)C(=[N-])C[CH]=[W].CC(C)N1CC=CC1=O.CC(C)N1C[C-]=C(C=C[CH]=[W])C1=O.C[C-]=O.C[CH-]C.C[CH-]C(=O)C(C)C.[W].[Y].[Y].[Y].[Y].[Y].[Y].[Y].[Y].[Y].[Y].[Y].[Y].[Y].[Y].[Y].[Y].[Y].[Y].[Y].[Y].[Y].[Y].[Y].[Y].[Y].[Y].[Y].[Y]. The van der Waals surface area contributed by atoms with Crippen LogP contribution in [0.5, 0.6) is 0 Å². The average Bonchev–Trinajstić information content (AvgIpc) is 3.81. The number of nitrogens with zero attached hydrogens (tertiary/aromatic N) is 3. The summed E-state index contributed by atoms with van der Waals surface area (Å²) >= 11 is 2.66. The first-order chi connectivity index (χ1) is 28.8. The first-order valence-corrected chi connectivity index (χ1v) is 25.5. The van der Waals surface area contributed by atoms with Crippen molar-refractivity contribution in [1.82, 2.24) is 9.80 Å². The van der Waals surface area contributed by atoms with Gasteiger partial charge >= 0.3 is 161 Å². The molecule has 2 amide bonds. The van der Waals surface area contributed by atoms with E-state index in [0.717, 1.165) is 12.5 Å². The van der Waals surface area contributed by atoms with Gasteiger partial charge in [-0.3, -0.25) is 11.1 Å². The second kappa shape index (κ2) is 214. The first kappa shape index (κ1) is 253. The van der Waals surface area contributed by atoms with Crippen LogP contribution in [0.3, 0.4) is 0 Å². The van der Waals surface area contributed by atoms with Gasteiger partial charge in [0.15, 0.2) is 0 Å². The molecule has 91 heavy (non-hydrogen) atoms. The van der Waals surface area contributed by atoms with Gasteiger partial charge in [-0.2, -0.15) is 33.6 Å². The summed E-state index contributed by atoms with van der Waals surface area (Å²) in [5.41, 5.74) is 0.691. The summed E-state index contributed by atoms with van der Waals surface area (Å²) in [6.45, 7) is 48.0. The Kier molecular flexibility index (Phi) is 594. The van der Waals surface area contributed by atoms with Gasteiger partial charge in [-0.05, 0) is 38.4 Å². The van der Waals surface area contributed by atoms with Crippen LogP contribution in [0, 0.1) is 49.0 Å². The number of rotatable bonds is 12. The van der Waals surface area contributed by atoms with Gasteiger partial charge in [-0.1, -0.05) is 96.1 Å². The minimum Gasteiger partial charge on any atom is -0.542 e. The van der Waals surface area contributed by atoms with Crippen LogP contribution in [0.1, 0.15) is 173 Å². The summed E-state index contributed by atoms with van der Waals surface area (Å²) in [6, 6.07) is 0.606. The molecule has 2 rings (SSSR count). The molecule has 0 atom stereocenters. The number of allylic oxidation sites excluding steroid dienone is 1. The molecular weight excluding hydrogens is 3790 g/mol. The largest absolute Gasteiger partial charge is 0.542 e. The third-order valence-electron chi connectivity index (χ3n) is 5.87. The Balaban J connectivity index is -0.00000000948. The van der Waals surface area contributed by atoms with E-state index in [1.807, 2.05) is 154 Å². The van der Waals surface area contributed by atoms with E-state index in [4.69, 9.17) is 10.2 Å². The quantitative estimate of drug-likeness (QED) is 0.141. The van der Waals surface area contributed by atoms with Crippen LogP contribution in [0.15, 0.2) is 29.9 Å². The maximum absolute atomic E-state index is 11.6. The molecule has 0 unspecified atom stereocenters. The third-order valence-corrected chi connectivity index (χ3v) is 7.04. The van der Waals surface area contributed by atoms with Gasteiger partial charge in [0.25, 0.3) is 0 Å². The molecule has 40 heteroatoms. The van der Waals surface area contributed by atoms with Crippen molar-refractivity contribution in [2.45, 2.75) is 185 Å². The van der Waals surface area contributed by atoms with Crippen molar-refractivity contribution in [3.05, 3.63) is 60.6 Å². The predicted molar refractivity (Wildman–Crippen MR) is 265 cm³/mol. The molecule has 0 bridgehead atoms. The summed E-state index contributed by atoms with van der Waals surface area (Å²) in [5, 5.41) is 9.04. The molecular formula is C51H93N3O6W3Y28-6. The second-order valence-electron chi connectivity index (χ2n) is 14.3. The molecule has 0 aliphatic carbocycles. The topological polar surface area (TPSA) is 131 Å². The van der Waals surface area contributed by atoms with E-state index in [1.165, 1.54) is 51.9 Å². The maximum Gasteiger partial charge on any atom is 0.00115 e. The third kappa shape index (κ3) is 225.